The standard InChI is InChI=1S/C25H26N4O3S/c1-31-21-10-5-9-20(15-21)16-23-27-25(33-28-23)29(18-22-11-6-14-32-22)13-12-24(30)26-17-19-7-3-2-4-8-19/h2-11,14-15H,12-13,16-18H2,1H3,(H,26,30). The van der Waals surface area contributed by atoms with Crippen LogP contribution in [-0.2, 0) is 24.3 Å². The van der Waals surface area contributed by atoms with Gasteiger partial charge in [0.15, 0.2) is 0 Å². The summed E-state index contributed by atoms with van der Waals surface area (Å²) < 4.78 is 15.4. The minimum absolute atomic E-state index is 0.00980. The number of amides is 1. The van der Waals surface area contributed by atoms with Crippen LogP contribution in [-0.4, -0.2) is 28.9 Å². The Hall–Kier alpha value is -3.65. The van der Waals surface area contributed by atoms with Gasteiger partial charge >= 0.3 is 0 Å². The molecule has 2 aromatic carbocycles. The number of furan rings is 1. The molecule has 0 aliphatic carbocycles. The van der Waals surface area contributed by atoms with Gasteiger partial charge in [0.2, 0.25) is 11.0 Å². The van der Waals surface area contributed by atoms with Crippen LogP contribution in [0.5, 0.6) is 5.75 Å². The Morgan fingerprint density at radius 2 is 1.94 bits per heavy atom. The zero-order valence-electron chi connectivity index (χ0n) is 18.4. The third kappa shape index (κ3) is 6.66. The minimum atomic E-state index is -0.00980. The molecule has 170 valence electrons. The maximum absolute atomic E-state index is 12.5. The fraction of sp³-hybridized carbons (Fsp3) is 0.240. The maximum Gasteiger partial charge on any atom is 0.222 e. The van der Waals surface area contributed by atoms with Crippen molar-refractivity contribution >= 4 is 22.6 Å². The quantitative estimate of drug-likeness (QED) is 0.355. The van der Waals surface area contributed by atoms with Gasteiger partial charge in [0.25, 0.3) is 0 Å². The second-order valence-corrected chi connectivity index (χ2v) is 8.27. The van der Waals surface area contributed by atoms with E-state index in [1.165, 1.54) is 11.5 Å². The smallest absolute Gasteiger partial charge is 0.222 e. The Balaban J connectivity index is 1.39. The minimum Gasteiger partial charge on any atom is -0.497 e. The number of anilines is 1. The van der Waals surface area contributed by atoms with Crippen molar-refractivity contribution < 1.29 is 13.9 Å². The summed E-state index contributed by atoms with van der Waals surface area (Å²) in [4.78, 5) is 19.2. The average Bonchev–Trinajstić information content (AvgIpc) is 3.53. The lowest BCUT2D eigenvalue weighted by molar-refractivity contribution is -0.121. The molecule has 0 aliphatic heterocycles. The first kappa shape index (κ1) is 22.5. The highest BCUT2D eigenvalue weighted by atomic mass is 32.1. The van der Waals surface area contributed by atoms with E-state index in [1.54, 1.807) is 13.4 Å². The lowest BCUT2D eigenvalue weighted by Gasteiger charge is -2.20. The van der Waals surface area contributed by atoms with Crippen molar-refractivity contribution in [3.05, 3.63) is 95.7 Å². The molecule has 8 heteroatoms. The molecule has 1 amide bonds. The highest BCUT2D eigenvalue weighted by molar-refractivity contribution is 7.09. The van der Waals surface area contributed by atoms with Crippen LogP contribution in [0.3, 0.4) is 0 Å². The molecule has 2 aromatic heterocycles. The molecule has 0 bridgehead atoms. The number of rotatable bonds is 11. The van der Waals surface area contributed by atoms with Gasteiger partial charge in [0.1, 0.15) is 17.3 Å². The molecule has 2 heterocycles. The van der Waals surface area contributed by atoms with E-state index in [0.717, 1.165) is 33.6 Å². The van der Waals surface area contributed by atoms with Crippen LogP contribution >= 0.6 is 11.5 Å². The third-order valence-electron chi connectivity index (χ3n) is 5.09. The average molecular weight is 463 g/mol. The summed E-state index contributed by atoms with van der Waals surface area (Å²) in [6, 6.07) is 21.5. The van der Waals surface area contributed by atoms with Crippen LogP contribution in [0.25, 0.3) is 0 Å². The van der Waals surface area contributed by atoms with Crippen LogP contribution in [0, 0.1) is 0 Å². The van der Waals surface area contributed by atoms with Gasteiger partial charge in [0, 0.05) is 37.5 Å². The van der Waals surface area contributed by atoms with Crippen LogP contribution in [0.2, 0.25) is 0 Å². The second-order valence-electron chi connectivity index (χ2n) is 7.53. The Bertz CT molecular complexity index is 1150. The number of carbonyl (C=O) groups excluding carboxylic acids is 1. The van der Waals surface area contributed by atoms with Crippen LogP contribution in [0.4, 0.5) is 5.13 Å². The fourth-order valence-electron chi connectivity index (χ4n) is 3.36. The van der Waals surface area contributed by atoms with Crippen LogP contribution in [0.15, 0.2) is 77.4 Å². The highest BCUT2D eigenvalue weighted by Crippen LogP contribution is 2.23. The molecule has 33 heavy (non-hydrogen) atoms. The van der Waals surface area contributed by atoms with Crippen LogP contribution in [0.1, 0.15) is 29.1 Å². The lowest BCUT2D eigenvalue weighted by Crippen LogP contribution is -2.30. The van der Waals surface area contributed by atoms with Crippen molar-refractivity contribution in [3.8, 4) is 5.75 Å². The van der Waals surface area contributed by atoms with Gasteiger partial charge in [-0.3, -0.25) is 4.79 Å². The van der Waals surface area contributed by atoms with E-state index in [9.17, 15) is 4.79 Å². The van der Waals surface area contributed by atoms with Gasteiger partial charge in [0.05, 0.1) is 19.9 Å². The van der Waals surface area contributed by atoms with E-state index in [1.807, 2.05) is 71.6 Å². The van der Waals surface area contributed by atoms with E-state index in [2.05, 4.69) is 9.69 Å². The van der Waals surface area contributed by atoms with E-state index in [4.69, 9.17) is 14.1 Å². The molecule has 0 radical (unpaired) electrons. The molecule has 4 aromatic rings. The first-order chi connectivity index (χ1) is 16.2. The molecule has 1 N–H and O–H groups in total. The van der Waals surface area contributed by atoms with Crippen molar-refractivity contribution in [1.29, 1.82) is 0 Å². The molecule has 4 rings (SSSR count). The van der Waals surface area contributed by atoms with E-state index in [-0.39, 0.29) is 5.91 Å². The Morgan fingerprint density at radius 1 is 1.09 bits per heavy atom. The number of methoxy groups -OCH3 is 1. The fourth-order valence-corrected chi connectivity index (χ4v) is 4.07. The van der Waals surface area contributed by atoms with Gasteiger partial charge in [-0.2, -0.15) is 4.37 Å². The maximum atomic E-state index is 12.5. The van der Waals surface area contributed by atoms with E-state index >= 15 is 0 Å². The van der Waals surface area contributed by atoms with Crippen LogP contribution < -0.4 is 15.0 Å². The van der Waals surface area contributed by atoms with Gasteiger partial charge in [-0.05, 0) is 35.4 Å². The summed E-state index contributed by atoms with van der Waals surface area (Å²) in [5, 5.41) is 3.74. The van der Waals surface area contributed by atoms with Crippen molar-refractivity contribution in [3.63, 3.8) is 0 Å². The van der Waals surface area contributed by atoms with Crippen molar-refractivity contribution in [1.82, 2.24) is 14.7 Å². The van der Waals surface area contributed by atoms with Gasteiger partial charge in [-0.1, -0.05) is 42.5 Å². The molecular formula is C25H26N4O3S. The number of benzene rings is 2. The largest absolute Gasteiger partial charge is 0.497 e. The number of nitrogens with zero attached hydrogens (tertiary/aromatic N) is 3. The first-order valence-corrected chi connectivity index (χ1v) is 11.5. The number of nitrogens with one attached hydrogen (secondary N) is 1. The Labute approximate surface area is 197 Å². The molecule has 0 aliphatic rings. The predicted molar refractivity (Wildman–Crippen MR) is 128 cm³/mol. The summed E-state index contributed by atoms with van der Waals surface area (Å²) in [6.07, 6.45) is 2.60. The summed E-state index contributed by atoms with van der Waals surface area (Å²) in [6.45, 7) is 1.54. The number of aromatic nitrogens is 2. The van der Waals surface area contributed by atoms with Gasteiger partial charge in [-0.15, -0.1) is 0 Å². The molecule has 0 unspecified atom stereocenters. The zero-order chi connectivity index (χ0) is 22.9. The highest BCUT2D eigenvalue weighted by Gasteiger charge is 2.16. The van der Waals surface area contributed by atoms with Gasteiger partial charge < -0.3 is 19.4 Å². The molecule has 7 nitrogen and oxygen atoms in total. The summed E-state index contributed by atoms with van der Waals surface area (Å²) in [5.41, 5.74) is 2.15. The number of hydrogen-bond donors (Lipinski definition) is 1. The SMILES string of the molecule is COc1cccc(Cc2nsc(N(CCC(=O)NCc3ccccc3)Cc3ccco3)n2)c1. The molecule has 0 spiro atoms. The van der Waals surface area contributed by atoms with Crippen molar-refractivity contribution in [2.24, 2.45) is 0 Å². The summed E-state index contributed by atoms with van der Waals surface area (Å²) in [7, 11) is 1.65. The molecule has 0 fully saturated rings. The molecule has 0 saturated carbocycles. The monoisotopic (exact) mass is 462 g/mol. The Morgan fingerprint density at radius 3 is 2.73 bits per heavy atom. The van der Waals surface area contributed by atoms with Gasteiger partial charge in [-0.25, -0.2) is 4.98 Å². The number of ether oxygens (including phenoxy) is 1. The predicted octanol–water partition coefficient (Wildman–Crippen LogP) is 4.44. The molecular weight excluding hydrogens is 436 g/mol. The van der Waals surface area contributed by atoms with Crippen molar-refractivity contribution in [2.75, 3.05) is 18.6 Å². The zero-order valence-corrected chi connectivity index (χ0v) is 19.3. The topological polar surface area (TPSA) is 80.5 Å². The third-order valence-corrected chi connectivity index (χ3v) is 5.91. The Kier molecular flexibility index (Phi) is 7.71. The number of hydrogen-bond acceptors (Lipinski definition) is 7. The lowest BCUT2D eigenvalue weighted by atomic mass is 10.1. The van der Waals surface area contributed by atoms with Crippen molar-refractivity contribution in [2.45, 2.75) is 25.9 Å². The second kappa shape index (κ2) is 11.3. The normalized spacial score (nSPS) is 10.7. The summed E-state index contributed by atoms with van der Waals surface area (Å²) in [5.74, 6) is 2.35. The molecule has 0 atom stereocenters. The first-order valence-electron chi connectivity index (χ1n) is 10.7. The number of carbonyl (C=O) groups is 1. The van der Waals surface area contributed by atoms with E-state index < -0.39 is 0 Å². The van der Waals surface area contributed by atoms with E-state index in [0.29, 0.717) is 32.5 Å². The molecule has 0 saturated heterocycles. The summed E-state index contributed by atoms with van der Waals surface area (Å²) >= 11 is 1.33.